The van der Waals surface area contributed by atoms with E-state index in [1.807, 2.05) is 54.6 Å². The molecule has 202 valence electrons. The summed E-state index contributed by atoms with van der Waals surface area (Å²) in [5.41, 5.74) is 3.03. The molecule has 0 aliphatic carbocycles. The van der Waals surface area contributed by atoms with Crippen LogP contribution >= 0.6 is 34.4 Å². The number of carbonyl (C=O) groups is 3. The van der Waals surface area contributed by atoms with Crippen LogP contribution in [-0.2, 0) is 4.79 Å². The van der Waals surface area contributed by atoms with Gasteiger partial charge in [-0.25, -0.2) is 4.79 Å². The highest BCUT2D eigenvalue weighted by Gasteiger charge is 2.35. The molecule has 1 aliphatic heterocycles. The first-order chi connectivity index (χ1) is 18.7. The lowest BCUT2D eigenvalue weighted by Crippen LogP contribution is -2.32. The second-order valence-electron chi connectivity index (χ2n) is 8.60. The third-order valence-electron chi connectivity index (χ3n) is 5.86. The zero-order chi connectivity index (χ0) is 28.1. The van der Waals surface area contributed by atoms with Crippen molar-refractivity contribution in [1.82, 2.24) is 4.90 Å². The first-order valence-corrected chi connectivity index (χ1v) is 13.8. The molecule has 1 fully saturated rings. The minimum Gasteiger partial charge on any atom is -0.497 e. The highest BCUT2D eigenvalue weighted by molar-refractivity contribution is 14.1. The van der Waals surface area contributed by atoms with Gasteiger partial charge in [-0.05, 0) is 113 Å². The number of hydrogen-bond acceptors (Lipinski definition) is 8. The fourth-order valence-electron chi connectivity index (χ4n) is 3.75. The molecule has 3 aromatic carbocycles. The predicted octanol–water partition coefficient (Wildman–Crippen LogP) is 6.26. The Bertz CT molecular complexity index is 1450. The average molecular weight is 659 g/mol. The number of hydrogen-bond donors (Lipinski definition) is 0. The van der Waals surface area contributed by atoms with E-state index < -0.39 is 11.9 Å². The Morgan fingerprint density at radius 1 is 0.974 bits per heavy atom. The second-order valence-corrected chi connectivity index (χ2v) is 10.8. The standard InChI is InChI=1S/C29H26INO7S/c1-17-5-6-18(2)23(13-17)37-12-11-31-27(32)25(39-29(31)34)16-19-14-22(30)26(24(15-19)36-4)38-28(33)20-7-9-21(35-3)10-8-20/h5-10,13-16H,11-12H2,1-4H3/b25-16-. The van der Waals surface area contributed by atoms with Gasteiger partial charge in [0, 0.05) is 0 Å². The van der Waals surface area contributed by atoms with Crippen LogP contribution in [0.2, 0.25) is 0 Å². The van der Waals surface area contributed by atoms with Crippen molar-refractivity contribution in [2.24, 2.45) is 0 Å². The van der Waals surface area contributed by atoms with Crippen LogP contribution in [0.25, 0.3) is 6.08 Å². The molecule has 1 aliphatic rings. The summed E-state index contributed by atoms with van der Waals surface area (Å²) in [7, 11) is 3.01. The number of esters is 1. The van der Waals surface area contributed by atoms with E-state index in [1.165, 1.54) is 12.0 Å². The Hall–Kier alpha value is -3.51. The number of carbonyl (C=O) groups excluding carboxylic acids is 3. The first-order valence-electron chi connectivity index (χ1n) is 11.9. The molecule has 0 aromatic heterocycles. The Balaban J connectivity index is 1.46. The van der Waals surface area contributed by atoms with Gasteiger partial charge in [0.25, 0.3) is 11.1 Å². The lowest BCUT2D eigenvalue weighted by atomic mass is 10.1. The zero-order valence-electron chi connectivity index (χ0n) is 21.8. The van der Waals surface area contributed by atoms with Crippen LogP contribution < -0.4 is 18.9 Å². The number of halogens is 1. The van der Waals surface area contributed by atoms with Crippen LogP contribution in [0.4, 0.5) is 4.79 Å². The zero-order valence-corrected chi connectivity index (χ0v) is 24.8. The summed E-state index contributed by atoms with van der Waals surface area (Å²) in [5.74, 6) is 0.988. The number of thioether (sulfide) groups is 1. The van der Waals surface area contributed by atoms with E-state index >= 15 is 0 Å². The van der Waals surface area contributed by atoms with Crippen LogP contribution in [0, 0.1) is 17.4 Å². The number of benzene rings is 3. The fraction of sp³-hybridized carbons (Fsp3) is 0.207. The molecule has 0 unspecified atom stereocenters. The van der Waals surface area contributed by atoms with E-state index in [1.54, 1.807) is 49.6 Å². The van der Waals surface area contributed by atoms with Gasteiger partial charge >= 0.3 is 5.97 Å². The molecule has 0 bridgehead atoms. The molecular weight excluding hydrogens is 633 g/mol. The summed E-state index contributed by atoms with van der Waals surface area (Å²) >= 11 is 2.90. The molecule has 0 atom stereocenters. The van der Waals surface area contributed by atoms with Crippen molar-refractivity contribution < 1.29 is 33.3 Å². The molecule has 0 saturated carbocycles. The Morgan fingerprint density at radius 2 is 1.72 bits per heavy atom. The Labute approximate surface area is 244 Å². The lowest BCUT2D eigenvalue weighted by Gasteiger charge is -2.15. The van der Waals surface area contributed by atoms with Gasteiger partial charge in [0.1, 0.15) is 18.1 Å². The molecule has 4 rings (SSSR count). The van der Waals surface area contributed by atoms with E-state index in [2.05, 4.69) is 0 Å². The summed E-state index contributed by atoms with van der Waals surface area (Å²) in [5, 5.41) is -0.359. The van der Waals surface area contributed by atoms with Crippen molar-refractivity contribution in [3.63, 3.8) is 0 Å². The second kappa shape index (κ2) is 12.6. The summed E-state index contributed by atoms with van der Waals surface area (Å²) in [6.45, 7) is 4.24. The molecule has 39 heavy (non-hydrogen) atoms. The molecule has 0 N–H and O–H groups in total. The normalized spacial score (nSPS) is 14.1. The summed E-state index contributed by atoms with van der Waals surface area (Å²) in [6.07, 6.45) is 1.62. The molecular formula is C29H26INO7S. The average Bonchev–Trinajstić information content (AvgIpc) is 3.19. The van der Waals surface area contributed by atoms with E-state index in [0.29, 0.717) is 26.2 Å². The molecule has 0 radical (unpaired) electrons. The lowest BCUT2D eigenvalue weighted by molar-refractivity contribution is -0.123. The number of imide groups is 1. The maximum atomic E-state index is 13.0. The molecule has 2 amide bonds. The third-order valence-corrected chi connectivity index (χ3v) is 7.57. The largest absolute Gasteiger partial charge is 0.497 e. The topological polar surface area (TPSA) is 91.4 Å². The fourth-order valence-corrected chi connectivity index (χ4v) is 5.36. The van der Waals surface area contributed by atoms with Crippen LogP contribution in [0.15, 0.2) is 59.5 Å². The van der Waals surface area contributed by atoms with E-state index in [0.717, 1.165) is 28.6 Å². The molecule has 8 nitrogen and oxygen atoms in total. The highest BCUT2D eigenvalue weighted by atomic mass is 127. The Kier molecular flexibility index (Phi) is 9.18. The van der Waals surface area contributed by atoms with Crippen molar-refractivity contribution in [3.8, 4) is 23.0 Å². The van der Waals surface area contributed by atoms with Crippen molar-refractivity contribution >= 4 is 57.5 Å². The molecule has 1 heterocycles. The monoisotopic (exact) mass is 659 g/mol. The van der Waals surface area contributed by atoms with Crippen LogP contribution in [0.1, 0.15) is 27.0 Å². The summed E-state index contributed by atoms with van der Waals surface area (Å²) < 4.78 is 22.6. The van der Waals surface area contributed by atoms with Gasteiger partial charge in [-0.1, -0.05) is 12.1 Å². The van der Waals surface area contributed by atoms with E-state index in [9.17, 15) is 14.4 Å². The molecule has 10 heteroatoms. The van der Waals surface area contributed by atoms with Gasteiger partial charge in [-0.3, -0.25) is 14.5 Å². The van der Waals surface area contributed by atoms with Crippen molar-refractivity contribution in [2.75, 3.05) is 27.4 Å². The van der Waals surface area contributed by atoms with Gasteiger partial charge in [-0.15, -0.1) is 0 Å². The van der Waals surface area contributed by atoms with Gasteiger partial charge in [0.05, 0.1) is 34.8 Å². The van der Waals surface area contributed by atoms with Gasteiger partial charge < -0.3 is 18.9 Å². The predicted molar refractivity (Wildman–Crippen MR) is 158 cm³/mol. The van der Waals surface area contributed by atoms with E-state index in [-0.39, 0.29) is 29.0 Å². The third kappa shape index (κ3) is 6.74. The first kappa shape index (κ1) is 28.5. The minimum absolute atomic E-state index is 0.135. The maximum absolute atomic E-state index is 13.0. The maximum Gasteiger partial charge on any atom is 0.343 e. The highest BCUT2D eigenvalue weighted by Crippen LogP contribution is 2.37. The molecule has 3 aromatic rings. The van der Waals surface area contributed by atoms with E-state index in [4.69, 9.17) is 18.9 Å². The van der Waals surface area contributed by atoms with Crippen molar-refractivity contribution in [3.05, 3.63) is 85.3 Å². The number of aryl methyl sites for hydroxylation is 2. The van der Waals surface area contributed by atoms with Crippen LogP contribution in [0.3, 0.4) is 0 Å². The van der Waals surface area contributed by atoms with Gasteiger partial charge in [0.2, 0.25) is 0 Å². The summed E-state index contributed by atoms with van der Waals surface area (Å²) in [6, 6.07) is 15.8. The number of nitrogens with zero attached hydrogens (tertiary/aromatic N) is 1. The number of amides is 2. The SMILES string of the molecule is COc1ccc(C(=O)Oc2c(I)cc(/C=C3\SC(=O)N(CCOc4cc(C)ccc4C)C3=O)cc2OC)cc1. The smallest absolute Gasteiger partial charge is 0.343 e. The quantitative estimate of drug-likeness (QED) is 0.115. The van der Waals surface area contributed by atoms with Crippen LogP contribution in [0.5, 0.6) is 23.0 Å². The van der Waals surface area contributed by atoms with Gasteiger partial charge in [0.15, 0.2) is 11.5 Å². The number of ether oxygens (including phenoxy) is 4. The van der Waals surface area contributed by atoms with Crippen LogP contribution in [-0.4, -0.2) is 49.4 Å². The molecule has 0 spiro atoms. The van der Waals surface area contributed by atoms with Crippen molar-refractivity contribution in [2.45, 2.75) is 13.8 Å². The Morgan fingerprint density at radius 3 is 2.41 bits per heavy atom. The summed E-state index contributed by atoms with van der Waals surface area (Å²) in [4.78, 5) is 39.7. The van der Waals surface area contributed by atoms with Gasteiger partial charge in [-0.2, -0.15) is 0 Å². The molecule has 1 saturated heterocycles. The number of rotatable bonds is 9. The minimum atomic E-state index is -0.550. The number of methoxy groups -OCH3 is 2. The van der Waals surface area contributed by atoms with Crippen molar-refractivity contribution in [1.29, 1.82) is 0 Å².